The molecule has 0 aromatic rings. The Morgan fingerprint density at radius 3 is 2.75 bits per heavy atom. The third kappa shape index (κ3) is 2.05. The summed E-state index contributed by atoms with van der Waals surface area (Å²) in [6.07, 6.45) is 4.64. The Hall–Kier alpha value is -1.08. The van der Waals surface area contributed by atoms with Gasteiger partial charge in [0.15, 0.2) is 0 Å². The van der Waals surface area contributed by atoms with Crippen molar-refractivity contribution in [3.05, 3.63) is 0 Å². The zero-order valence-corrected chi connectivity index (χ0v) is 9.83. The Labute approximate surface area is 96.6 Å². The summed E-state index contributed by atoms with van der Waals surface area (Å²) in [5.41, 5.74) is -0.698. The molecule has 2 fully saturated rings. The van der Waals surface area contributed by atoms with Crippen LogP contribution in [-0.2, 0) is 4.79 Å². The van der Waals surface area contributed by atoms with Crippen molar-refractivity contribution in [2.45, 2.75) is 38.1 Å². The van der Waals surface area contributed by atoms with E-state index in [-0.39, 0.29) is 11.9 Å². The van der Waals surface area contributed by atoms with E-state index < -0.39 is 5.41 Å². The summed E-state index contributed by atoms with van der Waals surface area (Å²) in [5, 5.41) is 12.1. The van der Waals surface area contributed by atoms with Gasteiger partial charge in [0, 0.05) is 12.6 Å². The Bertz CT molecular complexity index is 317. The number of rotatable bonds is 2. The van der Waals surface area contributed by atoms with Crippen LogP contribution < -0.4 is 5.32 Å². The molecule has 2 aliphatic rings. The van der Waals surface area contributed by atoms with E-state index in [9.17, 15) is 4.79 Å². The summed E-state index contributed by atoms with van der Waals surface area (Å²) in [6, 6.07) is 2.42. The fourth-order valence-electron chi connectivity index (χ4n) is 2.53. The van der Waals surface area contributed by atoms with Crippen molar-refractivity contribution in [2.24, 2.45) is 5.41 Å². The molecule has 1 atom stereocenters. The van der Waals surface area contributed by atoms with E-state index in [1.54, 1.807) is 0 Å². The number of nitrogens with zero attached hydrogens (tertiary/aromatic N) is 2. The molecule has 0 aromatic heterocycles. The lowest BCUT2D eigenvalue weighted by Gasteiger charge is -2.37. The predicted octanol–water partition coefficient (Wildman–Crippen LogP) is 0.891. The fourth-order valence-corrected chi connectivity index (χ4v) is 2.53. The van der Waals surface area contributed by atoms with Crippen LogP contribution in [0, 0.1) is 16.7 Å². The maximum atomic E-state index is 12.0. The third-order valence-corrected chi connectivity index (χ3v) is 3.82. The van der Waals surface area contributed by atoms with Crippen LogP contribution in [0.2, 0.25) is 0 Å². The molecule has 0 radical (unpaired) electrons. The monoisotopic (exact) mass is 221 g/mol. The van der Waals surface area contributed by atoms with E-state index >= 15 is 0 Å². The van der Waals surface area contributed by atoms with Gasteiger partial charge >= 0.3 is 0 Å². The Kier molecular flexibility index (Phi) is 3.15. The topological polar surface area (TPSA) is 56.1 Å². The maximum absolute atomic E-state index is 12.0. The summed E-state index contributed by atoms with van der Waals surface area (Å²) < 4.78 is 0. The van der Waals surface area contributed by atoms with Gasteiger partial charge in [-0.05, 0) is 45.7 Å². The first kappa shape index (κ1) is 11.4. The molecule has 88 valence electrons. The standard InChI is InChI=1S/C12H19N3O/c1-15-7-2-4-10(8-15)14-11(16)12(9-13)5-3-6-12/h10H,2-8H2,1H3,(H,14,16). The molecule has 16 heavy (non-hydrogen) atoms. The molecule has 1 aliphatic carbocycles. The van der Waals surface area contributed by atoms with Crippen LogP contribution in [0.1, 0.15) is 32.1 Å². The molecule has 1 heterocycles. The van der Waals surface area contributed by atoms with Gasteiger partial charge in [0.2, 0.25) is 5.91 Å². The molecular formula is C12H19N3O. The lowest BCUT2D eigenvalue weighted by molar-refractivity contribution is -0.132. The molecule has 2 rings (SSSR count). The average molecular weight is 221 g/mol. The van der Waals surface area contributed by atoms with Crippen LogP contribution in [0.15, 0.2) is 0 Å². The van der Waals surface area contributed by atoms with E-state index in [1.807, 2.05) is 0 Å². The van der Waals surface area contributed by atoms with Crippen molar-refractivity contribution in [3.8, 4) is 6.07 Å². The average Bonchev–Trinajstić information content (AvgIpc) is 2.16. The normalized spacial score (nSPS) is 28.9. The number of nitrogens with one attached hydrogen (secondary N) is 1. The molecule has 4 nitrogen and oxygen atoms in total. The molecule has 0 bridgehead atoms. The molecule has 1 aliphatic heterocycles. The van der Waals surface area contributed by atoms with E-state index in [2.05, 4.69) is 23.3 Å². The van der Waals surface area contributed by atoms with Crippen LogP contribution in [-0.4, -0.2) is 37.0 Å². The highest BCUT2D eigenvalue weighted by molar-refractivity contribution is 5.86. The minimum absolute atomic E-state index is 0.0402. The fraction of sp³-hybridized carbons (Fsp3) is 0.833. The molecule has 4 heteroatoms. The van der Waals surface area contributed by atoms with Gasteiger partial charge in [-0.1, -0.05) is 0 Å². The molecule has 1 amide bonds. The number of nitriles is 1. The van der Waals surface area contributed by atoms with E-state index in [1.165, 1.54) is 0 Å². The number of amides is 1. The van der Waals surface area contributed by atoms with Crippen molar-refractivity contribution >= 4 is 5.91 Å². The molecule has 0 spiro atoms. The first-order chi connectivity index (χ1) is 7.66. The molecule has 1 N–H and O–H groups in total. The van der Waals surface area contributed by atoms with E-state index in [0.29, 0.717) is 0 Å². The van der Waals surface area contributed by atoms with Crippen LogP contribution in [0.5, 0.6) is 0 Å². The summed E-state index contributed by atoms with van der Waals surface area (Å²) in [5.74, 6) is -0.0402. The van der Waals surface area contributed by atoms with Gasteiger partial charge in [-0.15, -0.1) is 0 Å². The lowest BCUT2D eigenvalue weighted by Crippen LogP contribution is -2.52. The third-order valence-electron chi connectivity index (χ3n) is 3.82. The van der Waals surface area contributed by atoms with Gasteiger partial charge in [-0.25, -0.2) is 0 Å². The van der Waals surface area contributed by atoms with Gasteiger partial charge in [-0.3, -0.25) is 4.79 Å². The van der Waals surface area contributed by atoms with Crippen molar-refractivity contribution in [1.82, 2.24) is 10.2 Å². The predicted molar refractivity (Wildman–Crippen MR) is 60.6 cm³/mol. The number of carbonyl (C=O) groups is 1. The van der Waals surface area contributed by atoms with Gasteiger partial charge in [0.1, 0.15) is 5.41 Å². The van der Waals surface area contributed by atoms with E-state index in [0.717, 1.165) is 45.2 Å². The number of carbonyl (C=O) groups excluding carboxylic acids is 1. The van der Waals surface area contributed by atoms with Crippen LogP contribution in [0.3, 0.4) is 0 Å². The quantitative estimate of drug-likeness (QED) is 0.753. The van der Waals surface area contributed by atoms with Gasteiger partial charge in [0.05, 0.1) is 6.07 Å². The van der Waals surface area contributed by atoms with Crippen molar-refractivity contribution in [1.29, 1.82) is 5.26 Å². The summed E-state index contributed by atoms with van der Waals surface area (Å²) >= 11 is 0. The zero-order chi connectivity index (χ0) is 11.6. The first-order valence-electron chi connectivity index (χ1n) is 6.07. The summed E-state index contributed by atoms with van der Waals surface area (Å²) in [4.78, 5) is 14.2. The summed E-state index contributed by atoms with van der Waals surface area (Å²) in [6.45, 7) is 2.02. The SMILES string of the molecule is CN1CCCC(NC(=O)C2(C#N)CCC2)C1. The van der Waals surface area contributed by atoms with Gasteiger partial charge in [0.25, 0.3) is 0 Å². The smallest absolute Gasteiger partial charge is 0.240 e. The molecule has 0 aromatic carbocycles. The van der Waals surface area contributed by atoms with Crippen molar-refractivity contribution in [2.75, 3.05) is 20.1 Å². The minimum Gasteiger partial charge on any atom is -0.351 e. The highest BCUT2D eigenvalue weighted by Gasteiger charge is 2.45. The number of likely N-dealkylation sites (N-methyl/N-ethyl adjacent to an activating group) is 1. The number of hydrogen-bond donors (Lipinski definition) is 1. The number of piperidine rings is 1. The minimum atomic E-state index is -0.698. The second-order valence-electron chi connectivity index (χ2n) is 5.12. The van der Waals surface area contributed by atoms with Crippen LogP contribution in [0.4, 0.5) is 0 Å². The number of likely N-dealkylation sites (tertiary alicyclic amines) is 1. The second kappa shape index (κ2) is 4.42. The highest BCUT2D eigenvalue weighted by Crippen LogP contribution is 2.40. The van der Waals surface area contributed by atoms with Crippen molar-refractivity contribution < 1.29 is 4.79 Å². The van der Waals surface area contributed by atoms with Crippen LogP contribution in [0.25, 0.3) is 0 Å². The Morgan fingerprint density at radius 1 is 1.50 bits per heavy atom. The van der Waals surface area contributed by atoms with Gasteiger partial charge < -0.3 is 10.2 Å². The first-order valence-corrected chi connectivity index (χ1v) is 6.07. The Balaban J connectivity index is 1.89. The lowest BCUT2D eigenvalue weighted by atomic mass is 9.69. The molecule has 1 saturated carbocycles. The van der Waals surface area contributed by atoms with Crippen LogP contribution >= 0.6 is 0 Å². The highest BCUT2D eigenvalue weighted by atomic mass is 16.2. The molecule has 1 saturated heterocycles. The Morgan fingerprint density at radius 2 is 2.25 bits per heavy atom. The molecule has 1 unspecified atom stereocenters. The van der Waals surface area contributed by atoms with Crippen molar-refractivity contribution in [3.63, 3.8) is 0 Å². The number of hydrogen-bond acceptors (Lipinski definition) is 3. The zero-order valence-electron chi connectivity index (χ0n) is 9.83. The summed E-state index contributed by atoms with van der Waals surface area (Å²) in [7, 11) is 2.07. The van der Waals surface area contributed by atoms with Gasteiger partial charge in [-0.2, -0.15) is 5.26 Å². The molecular weight excluding hydrogens is 202 g/mol. The van der Waals surface area contributed by atoms with E-state index in [4.69, 9.17) is 5.26 Å². The second-order valence-corrected chi connectivity index (χ2v) is 5.12. The maximum Gasteiger partial charge on any atom is 0.240 e. The largest absolute Gasteiger partial charge is 0.351 e.